The highest BCUT2D eigenvalue weighted by Crippen LogP contribution is 2.41. The van der Waals surface area contributed by atoms with E-state index in [-0.39, 0.29) is 23.5 Å². The number of hydrogen-bond acceptors (Lipinski definition) is 5. The molecule has 0 unspecified atom stereocenters. The number of sulfone groups is 1. The van der Waals surface area contributed by atoms with Crippen molar-refractivity contribution in [3.8, 4) is 0 Å². The summed E-state index contributed by atoms with van der Waals surface area (Å²) in [7, 11) is -3.07. The first-order valence-electron chi connectivity index (χ1n) is 11.3. The van der Waals surface area contributed by atoms with Gasteiger partial charge in [-0.1, -0.05) is 18.2 Å². The standard InChI is InChI=1S/C24H25N5O3S/c1-14-22-19(24(30)25-12-17-10-16-4-2-3-5-20(16)26-17)11-21(15-6-7-15)27-23(22)29(28-14)18-8-9-33(31,32)13-18/h2-5,10-11,15,18,26H,6-9,12-13H2,1H3,(H,25,30)/t18-/m0/s1. The minimum Gasteiger partial charge on any atom is -0.357 e. The summed E-state index contributed by atoms with van der Waals surface area (Å²) in [5, 5.41) is 9.51. The fourth-order valence-corrected chi connectivity index (χ4v) is 6.51. The van der Waals surface area contributed by atoms with Gasteiger partial charge in [0, 0.05) is 22.8 Å². The van der Waals surface area contributed by atoms with Crippen molar-refractivity contribution in [3.63, 3.8) is 0 Å². The average molecular weight is 464 g/mol. The molecule has 2 aliphatic rings. The Labute approximate surface area is 191 Å². The van der Waals surface area contributed by atoms with Crippen LogP contribution in [0.15, 0.2) is 36.4 Å². The molecule has 1 saturated carbocycles. The molecule has 4 aromatic rings. The van der Waals surface area contributed by atoms with E-state index in [2.05, 4.69) is 15.4 Å². The Hall–Kier alpha value is -3.20. The van der Waals surface area contributed by atoms with Gasteiger partial charge in [-0.3, -0.25) is 4.79 Å². The monoisotopic (exact) mass is 463 g/mol. The fraction of sp³-hybridized carbons (Fsp3) is 0.375. The maximum absolute atomic E-state index is 13.3. The minimum absolute atomic E-state index is 0.0699. The van der Waals surface area contributed by atoms with Crippen LogP contribution in [0.3, 0.4) is 0 Å². The number of para-hydroxylation sites is 1. The van der Waals surface area contributed by atoms with Gasteiger partial charge in [-0.15, -0.1) is 0 Å². The first kappa shape index (κ1) is 20.4. The van der Waals surface area contributed by atoms with Crippen molar-refractivity contribution < 1.29 is 13.2 Å². The smallest absolute Gasteiger partial charge is 0.252 e. The van der Waals surface area contributed by atoms with Gasteiger partial charge in [-0.2, -0.15) is 5.10 Å². The lowest BCUT2D eigenvalue weighted by molar-refractivity contribution is 0.0952. The minimum atomic E-state index is -3.07. The molecule has 2 fully saturated rings. The highest BCUT2D eigenvalue weighted by molar-refractivity contribution is 7.91. The van der Waals surface area contributed by atoms with Crippen LogP contribution in [-0.2, 0) is 16.4 Å². The number of amides is 1. The number of fused-ring (bicyclic) bond motifs is 2. The molecule has 1 atom stereocenters. The fourth-order valence-electron chi connectivity index (χ4n) is 4.82. The summed E-state index contributed by atoms with van der Waals surface area (Å²) in [5.74, 6) is 0.411. The second-order valence-electron chi connectivity index (χ2n) is 9.22. The largest absolute Gasteiger partial charge is 0.357 e. The van der Waals surface area contributed by atoms with Gasteiger partial charge in [0.05, 0.1) is 40.7 Å². The molecule has 1 amide bonds. The van der Waals surface area contributed by atoms with Crippen molar-refractivity contribution in [2.45, 2.75) is 44.7 Å². The van der Waals surface area contributed by atoms with Gasteiger partial charge in [0.2, 0.25) is 0 Å². The third kappa shape index (κ3) is 3.70. The van der Waals surface area contributed by atoms with E-state index in [1.165, 1.54) is 0 Å². The molecule has 33 heavy (non-hydrogen) atoms. The summed E-state index contributed by atoms with van der Waals surface area (Å²) in [6, 6.07) is 11.7. The second kappa shape index (κ2) is 7.41. The van der Waals surface area contributed by atoms with E-state index < -0.39 is 9.84 Å². The molecule has 170 valence electrons. The van der Waals surface area contributed by atoms with Crippen molar-refractivity contribution >= 4 is 37.7 Å². The molecule has 1 aliphatic heterocycles. The van der Waals surface area contributed by atoms with E-state index in [4.69, 9.17) is 4.98 Å². The Morgan fingerprint density at radius 1 is 1.21 bits per heavy atom. The number of aromatic amines is 1. The number of H-pyrrole nitrogens is 1. The molecule has 0 radical (unpaired) electrons. The van der Waals surface area contributed by atoms with Crippen LogP contribution in [0.1, 0.15) is 58.7 Å². The van der Waals surface area contributed by atoms with E-state index in [1.807, 2.05) is 43.3 Å². The number of nitrogens with zero attached hydrogens (tertiary/aromatic N) is 3. The van der Waals surface area contributed by atoms with Crippen molar-refractivity contribution in [3.05, 3.63) is 59.0 Å². The highest BCUT2D eigenvalue weighted by Gasteiger charge is 2.34. The van der Waals surface area contributed by atoms with Crippen molar-refractivity contribution in [2.24, 2.45) is 0 Å². The van der Waals surface area contributed by atoms with Gasteiger partial charge in [0.1, 0.15) is 0 Å². The summed E-state index contributed by atoms with van der Waals surface area (Å²) in [6.07, 6.45) is 2.63. The van der Waals surface area contributed by atoms with Crippen molar-refractivity contribution in [1.29, 1.82) is 0 Å². The molecular formula is C24H25N5O3S. The number of carbonyl (C=O) groups excluding carboxylic acids is 1. The maximum atomic E-state index is 13.3. The van der Waals surface area contributed by atoms with Crippen LogP contribution in [0.4, 0.5) is 0 Å². The van der Waals surface area contributed by atoms with Crippen LogP contribution in [0.5, 0.6) is 0 Å². The summed E-state index contributed by atoms with van der Waals surface area (Å²) < 4.78 is 25.9. The number of benzene rings is 1. The zero-order chi connectivity index (χ0) is 22.7. The molecule has 1 aliphatic carbocycles. The summed E-state index contributed by atoms with van der Waals surface area (Å²) in [4.78, 5) is 21.5. The van der Waals surface area contributed by atoms with Gasteiger partial charge >= 0.3 is 0 Å². The number of pyridine rings is 1. The van der Waals surface area contributed by atoms with Gasteiger partial charge in [-0.05, 0) is 49.8 Å². The highest BCUT2D eigenvalue weighted by atomic mass is 32.2. The third-order valence-electron chi connectivity index (χ3n) is 6.68. The normalized spacial score (nSPS) is 20.0. The lowest BCUT2D eigenvalue weighted by Crippen LogP contribution is -2.23. The Morgan fingerprint density at radius 3 is 2.76 bits per heavy atom. The molecule has 1 aromatic carbocycles. The Kier molecular flexibility index (Phi) is 4.58. The average Bonchev–Trinajstić information content (AvgIpc) is 3.34. The molecule has 6 rings (SSSR count). The van der Waals surface area contributed by atoms with Crippen LogP contribution in [0.25, 0.3) is 21.9 Å². The van der Waals surface area contributed by atoms with Crippen LogP contribution < -0.4 is 5.32 Å². The summed E-state index contributed by atoms with van der Waals surface area (Å²) >= 11 is 0. The Balaban J connectivity index is 1.36. The van der Waals surface area contributed by atoms with E-state index in [0.29, 0.717) is 41.2 Å². The lowest BCUT2D eigenvalue weighted by atomic mass is 10.1. The Bertz CT molecular complexity index is 1480. The molecule has 9 heteroatoms. The SMILES string of the molecule is Cc1nn([C@H]2CCS(=O)(=O)C2)c2nc(C3CC3)cc(C(=O)NCc3cc4ccccc4[nH]3)c12. The van der Waals surface area contributed by atoms with Gasteiger partial charge in [0.15, 0.2) is 15.5 Å². The van der Waals surface area contributed by atoms with Gasteiger partial charge < -0.3 is 10.3 Å². The van der Waals surface area contributed by atoms with E-state index in [1.54, 1.807) is 4.68 Å². The van der Waals surface area contributed by atoms with Gasteiger partial charge in [-0.25, -0.2) is 18.1 Å². The number of rotatable bonds is 5. The molecule has 8 nitrogen and oxygen atoms in total. The number of aromatic nitrogens is 4. The molecule has 4 heterocycles. The number of aryl methyl sites for hydroxylation is 1. The zero-order valence-electron chi connectivity index (χ0n) is 18.3. The molecular weight excluding hydrogens is 438 g/mol. The van der Waals surface area contributed by atoms with Crippen molar-refractivity contribution in [2.75, 3.05) is 11.5 Å². The summed E-state index contributed by atoms with van der Waals surface area (Å²) in [6.45, 7) is 2.24. The van der Waals surface area contributed by atoms with Crippen LogP contribution in [-0.4, -0.2) is 45.6 Å². The molecule has 3 aromatic heterocycles. The topological polar surface area (TPSA) is 110 Å². The van der Waals surface area contributed by atoms with Gasteiger partial charge in [0.25, 0.3) is 5.91 Å². The quantitative estimate of drug-likeness (QED) is 0.471. The van der Waals surface area contributed by atoms with E-state index in [9.17, 15) is 13.2 Å². The third-order valence-corrected chi connectivity index (χ3v) is 8.43. The van der Waals surface area contributed by atoms with Crippen LogP contribution in [0.2, 0.25) is 0 Å². The van der Waals surface area contributed by atoms with Crippen LogP contribution in [0, 0.1) is 6.92 Å². The zero-order valence-corrected chi connectivity index (χ0v) is 19.2. The molecule has 0 bridgehead atoms. The molecule has 0 spiro atoms. The van der Waals surface area contributed by atoms with Crippen LogP contribution >= 0.6 is 0 Å². The maximum Gasteiger partial charge on any atom is 0.252 e. The first-order valence-corrected chi connectivity index (χ1v) is 13.1. The Morgan fingerprint density at radius 2 is 2.03 bits per heavy atom. The van der Waals surface area contributed by atoms with E-state index in [0.717, 1.165) is 35.1 Å². The molecule has 2 N–H and O–H groups in total. The number of carbonyl (C=O) groups is 1. The predicted octanol–water partition coefficient (Wildman–Crippen LogP) is 3.39. The molecule has 1 saturated heterocycles. The first-order chi connectivity index (χ1) is 15.9. The lowest BCUT2D eigenvalue weighted by Gasteiger charge is -2.12. The second-order valence-corrected chi connectivity index (χ2v) is 11.4. The van der Waals surface area contributed by atoms with E-state index >= 15 is 0 Å². The predicted molar refractivity (Wildman–Crippen MR) is 126 cm³/mol. The number of hydrogen-bond donors (Lipinski definition) is 2. The number of nitrogens with one attached hydrogen (secondary N) is 2. The summed E-state index contributed by atoms with van der Waals surface area (Å²) in [5.41, 5.74) is 4.73. The van der Waals surface area contributed by atoms with Crippen molar-refractivity contribution in [1.82, 2.24) is 25.1 Å².